The minimum Gasteiger partial charge on any atom is -0.458 e. The second-order valence-corrected chi connectivity index (χ2v) is 25.2. The molecule has 0 saturated carbocycles. The van der Waals surface area contributed by atoms with Crippen LogP contribution >= 0.6 is 0 Å². The first kappa shape index (κ1) is 49.9. The molecule has 14 aromatic rings. The summed E-state index contributed by atoms with van der Waals surface area (Å²) in [4.78, 5) is 2.65. The van der Waals surface area contributed by atoms with Gasteiger partial charge in [0.1, 0.15) is 11.5 Å². The van der Waals surface area contributed by atoms with Crippen LogP contribution in [0.2, 0.25) is 0 Å². The van der Waals surface area contributed by atoms with Gasteiger partial charge in [0.2, 0.25) is 0 Å². The fraction of sp³-hybridized carbons (Fsp3) is 0.100. The largest absolute Gasteiger partial charge is 0.458 e. The van der Waals surface area contributed by atoms with E-state index < -0.39 is 0 Å². The second kappa shape index (κ2) is 18.8. The predicted molar refractivity (Wildman–Crippen MR) is 358 cm³/mol. The predicted octanol–water partition coefficient (Wildman–Crippen LogP) is 19.9. The van der Waals surface area contributed by atoms with E-state index >= 15 is 0 Å². The number of anilines is 3. The van der Waals surface area contributed by atoms with Crippen molar-refractivity contribution >= 4 is 94.3 Å². The van der Waals surface area contributed by atoms with Gasteiger partial charge in [-0.15, -0.1) is 0 Å². The minimum atomic E-state index is -0.228. The first-order chi connectivity index (χ1) is 40.9. The van der Waals surface area contributed by atoms with Gasteiger partial charge in [-0.2, -0.15) is 0 Å². The van der Waals surface area contributed by atoms with Crippen molar-refractivity contribution in [2.24, 2.45) is 0 Å². The summed E-state index contributed by atoms with van der Waals surface area (Å²) >= 11 is 0. The maximum atomic E-state index is 7.54. The fourth-order valence-electron chi connectivity index (χ4n) is 14.0. The SMILES string of the molecule is CC(C)(C)c1cc(-c2ccccc2)c(N2c3cc(-c4c5ccccc5c(-c5ccc6ccccc6c5)c5ccccc45)ccc3B3c4ccc(-n5c6ccccc6c6ccccc65)cc4Oc4cc(C(C)(C)C)cc2c43)c(-c2ccccc2)c1. The lowest BCUT2D eigenvalue weighted by Gasteiger charge is -2.43. The molecule has 1 aromatic heterocycles. The summed E-state index contributed by atoms with van der Waals surface area (Å²) in [5.74, 6) is 1.77. The van der Waals surface area contributed by atoms with E-state index in [1.54, 1.807) is 0 Å². The van der Waals surface area contributed by atoms with Crippen LogP contribution in [0.5, 0.6) is 11.5 Å². The highest BCUT2D eigenvalue weighted by molar-refractivity contribution is 6.99. The highest BCUT2D eigenvalue weighted by Crippen LogP contribution is 2.53. The van der Waals surface area contributed by atoms with Gasteiger partial charge >= 0.3 is 0 Å². The zero-order valence-electron chi connectivity index (χ0n) is 48.2. The number of rotatable bonds is 6. The maximum absolute atomic E-state index is 7.54. The zero-order valence-corrected chi connectivity index (χ0v) is 48.2. The lowest BCUT2D eigenvalue weighted by atomic mass is 9.34. The first-order valence-corrected chi connectivity index (χ1v) is 29.6. The van der Waals surface area contributed by atoms with Gasteiger partial charge in [0, 0.05) is 45.0 Å². The van der Waals surface area contributed by atoms with E-state index in [-0.39, 0.29) is 17.5 Å². The number of fused-ring (bicyclic) bond motifs is 10. The van der Waals surface area contributed by atoms with Gasteiger partial charge < -0.3 is 14.2 Å². The molecule has 0 fully saturated rings. The van der Waals surface area contributed by atoms with Gasteiger partial charge in [-0.05, 0) is 159 Å². The van der Waals surface area contributed by atoms with Crippen molar-refractivity contribution in [3.8, 4) is 61.7 Å². The van der Waals surface area contributed by atoms with E-state index in [1.807, 2.05) is 0 Å². The molecule has 3 nitrogen and oxygen atoms in total. The smallest absolute Gasteiger partial charge is 0.256 e. The molecule has 0 spiro atoms. The van der Waals surface area contributed by atoms with Crippen molar-refractivity contribution in [3.63, 3.8) is 0 Å². The molecule has 400 valence electrons. The first-order valence-electron chi connectivity index (χ1n) is 29.6. The quantitative estimate of drug-likeness (QED) is 0.122. The highest BCUT2D eigenvalue weighted by atomic mass is 16.5. The van der Waals surface area contributed by atoms with Crippen molar-refractivity contribution in [2.45, 2.75) is 52.4 Å². The van der Waals surface area contributed by atoms with Crippen LogP contribution < -0.4 is 26.0 Å². The van der Waals surface area contributed by atoms with E-state index in [0.29, 0.717) is 0 Å². The third kappa shape index (κ3) is 7.81. The Bertz CT molecular complexity index is 4850. The summed E-state index contributed by atoms with van der Waals surface area (Å²) in [6, 6.07) is 97.6. The summed E-state index contributed by atoms with van der Waals surface area (Å²) in [5.41, 5.74) is 22.0. The number of benzene rings is 13. The Morgan fingerprint density at radius 3 is 1.39 bits per heavy atom. The number of ether oxygens (including phenoxy) is 1. The van der Waals surface area contributed by atoms with Gasteiger partial charge in [0.25, 0.3) is 6.71 Å². The van der Waals surface area contributed by atoms with Crippen LogP contribution in [0.1, 0.15) is 52.7 Å². The van der Waals surface area contributed by atoms with Gasteiger partial charge in [-0.1, -0.05) is 242 Å². The van der Waals surface area contributed by atoms with Crippen molar-refractivity contribution in [1.29, 1.82) is 0 Å². The number of aromatic nitrogens is 1. The van der Waals surface area contributed by atoms with Gasteiger partial charge in [-0.25, -0.2) is 0 Å². The number of hydrogen-bond acceptors (Lipinski definition) is 2. The third-order valence-corrected chi connectivity index (χ3v) is 18.1. The fourth-order valence-corrected chi connectivity index (χ4v) is 14.0. The Kier molecular flexibility index (Phi) is 11.2. The van der Waals surface area contributed by atoms with Gasteiger partial charge in [0.15, 0.2) is 0 Å². The standard InChI is InChI=1S/C80H61BN2O/c1-79(2,3)56-45-65(51-24-9-7-10-25-51)78(66(46-56)52-26-11-8-12-27-52)83-71-44-55(76-63-33-17-15-31-61(63)75(62-32-16-18-34-64(62)76)54-38-37-50-23-13-14-28-53(50)43-54)39-41-67(71)81-68-42-40-58(82-69-35-21-19-29-59(69)60-30-20-22-36-70(60)82)49-73(68)84-74-48-57(80(4,5)6)47-72(83)77(74)81/h7-49H,1-6H3. The molecule has 3 heterocycles. The van der Waals surface area contributed by atoms with Crippen LogP contribution in [-0.2, 0) is 10.8 Å². The van der Waals surface area contributed by atoms with Crippen LogP contribution in [0.3, 0.4) is 0 Å². The molecule has 84 heavy (non-hydrogen) atoms. The van der Waals surface area contributed by atoms with Crippen LogP contribution in [0.4, 0.5) is 17.1 Å². The molecule has 2 aliphatic rings. The van der Waals surface area contributed by atoms with Gasteiger partial charge in [0.05, 0.1) is 16.7 Å². The topological polar surface area (TPSA) is 17.4 Å². The summed E-state index contributed by atoms with van der Waals surface area (Å²) in [6.07, 6.45) is 0. The Hall–Kier alpha value is -9.90. The summed E-state index contributed by atoms with van der Waals surface area (Å²) < 4.78 is 9.94. The van der Waals surface area contributed by atoms with Crippen molar-refractivity contribution in [2.75, 3.05) is 4.90 Å². The molecule has 4 heteroatoms. The molecule has 0 N–H and O–H groups in total. The van der Waals surface area contributed by atoms with E-state index in [0.717, 1.165) is 56.4 Å². The van der Waals surface area contributed by atoms with Crippen LogP contribution in [0, 0.1) is 0 Å². The van der Waals surface area contributed by atoms with Crippen molar-refractivity contribution in [1.82, 2.24) is 4.57 Å². The van der Waals surface area contributed by atoms with Crippen molar-refractivity contribution < 1.29 is 4.74 Å². The summed E-state index contributed by atoms with van der Waals surface area (Å²) in [7, 11) is 0. The maximum Gasteiger partial charge on any atom is 0.256 e. The van der Waals surface area contributed by atoms with Crippen LogP contribution in [0.25, 0.3) is 104 Å². The Labute approximate surface area is 491 Å². The van der Waals surface area contributed by atoms with E-state index in [9.17, 15) is 0 Å². The summed E-state index contributed by atoms with van der Waals surface area (Å²) in [5, 5.41) is 9.84. The second-order valence-electron chi connectivity index (χ2n) is 25.2. The lowest BCUT2D eigenvalue weighted by molar-refractivity contribution is 0.483. The lowest BCUT2D eigenvalue weighted by Crippen LogP contribution is -2.59. The highest BCUT2D eigenvalue weighted by Gasteiger charge is 2.44. The Balaban J connectivity index is 1.02. The molecule has 0 amide bonds. The summed E-state index contributed by atoms with van der Waals surface area (Å²) in [6.45, 7) is 13.8. The molecule has 2 aliphatic heterocycles. The number of para-hydroxylation sites is 2. The van der Waals surface area contributed by atoms with E-state index in [4.69, 9.17) is 4.74 Å². The number of hydrogen-bond donors (Lipinski definition) is 0. The molecule has 0 bridgehead atoms. The Morgan fingerprint density at radius 1 is 0.345 bits per heavy atom. The monoisotopic (exact) mass is 1080 g/mol. The number of nitrogens with zero attached hydrogens (tertiary/aromatic N) is 2. The molecular weight excluding hydrogens is 1020 g/mol. The van der Waals surface area contributed by atoms with Crippen LogP contribution in [0.15, 0.2) is 261 Å². The van der Waals surface area contributed by atoms with Gasteiger partial charge in [-0.3, -0.25) is 0 Å². The molecule has 13 aromatic carbocycles. The molecule has 0 atom stereocenters. The molecule has 0 radical (unpaired) electrons. The third-order valence-electron chi connectivity index (χ3n) is 18.1. The average Bonchev–Trinajstić information content (AvgIpc) is 1.00. The van der Waals surface area contributed by atoms with E-state index in [1.165, 1.54) is 104 Å². The molecule has 0 unspecified atom stereocenters. The average molecular weight is 1080 g/mol. The Morgan fingerprint density at radius 2 is 0.821 bits per heavy atom. The molecule has 0 aliphatic carbocycles. The minimum absolute atomic E-state index is 0.147. The van der Waals surface area contributed by atoms with E-state index in [2.05, 4.69) is 312 Å². The zero-order chi connectivity index (χ0) is 56.6. The van der Waals surface area contributed by atoms with Crippen LogP contribution in [-0.4, -0.2) is 11.3 Å². The van der Waals surface area contributed by atoms with Crippen molar-refractivity contribution in [3.05, 3.63) is 272 Å². The molecular formula is C80H61BN2O. The normalized spacial score (nSPS) is 12.9. The molecule has 16 rings (SSSR count). The molecule has 0 saturated heterocycles.